The molecule has 2 rings (SSSR count). The van der Waals surface area contributed by atoms with Crippen LogP contribution in [0.3, 0.4) is 0 Å². The molecule has 1 N–H and O–H groups in total. The Bertz CT molecular complexity index is 569. The summed E-state index contributed by atoms with van der Waals surface area (Å²) in [4.78, 5) is 0. The molecule has 0 amide bonds. The third-order valence-corrected chi connectivity index (χ3v) is 3.31. The van der Waals surface area contributed by atoms with Gasteiger partial charge in [0.05, 0.1) is 11.7 Å². The highest BCUT2D eigenvalue weighted by Gasteiger charge is 2.14. The first kappa shape index (κ1) is 14.7. The van der Waals surface area contributed by atoms with E-state index >= 15 is 0 Å². The zero-order chi connectivity index (χ0) is 14.8. The summed E-state index contributed by atoms with van der Waals surface area (Å²) in [5.41, 5.74) is 1.77. The first-order valence-electron chi connectivity index (χ1n) is 6.90. The first-order chi connectivity index (χ1) is 9.38. The number of benzene rings is 1. The van der Waals surface area contributed by atoms with Gasteiger partial charge in [0.25, 0.3) is 0 Å². The first-order valence-corrected chi connectivity index (χ1v) is 6.90. The van der Waals surface area contributed by atoms with E-state index in [1.165, 1.54) is 6.07 Å². The second kappa shape index (κ2) is 5.75. The Morgan fingerprint density at radius 3 is 2.60 bits per heavy atom. The van der Waals surface area contributed by atoms with Crippen molar-refractivity contribution >= 4 is 0 Å². The van der Waals surface area contributed by atoms with Crippen LogP contribution in [0.4, 0.5) is 4.39 Å². The van der Waals surface area contributed by atoms with Crippen molar-refractivity contribution < 1.29 is 4.39 Å². The van der Waals surface area contributed by atoms with Gasteiger partial charge in [0.1, 0.15) is 5.82 Å². The predicted molar refractivity (Wildman–Crippen MR) is 78.9 cm³/mol. The molecule has 1 aromatic carbocycles. The summed E-state index contributed by atoms with van der Waals surface area (Å²) >= 11 is 0. The number of hydrogen-bond acceptors (Lipinski definition) is 2. The van der Waals surface area contributed by atoms with E-state index in [9.17, 15) is 4.39 Å². The molecule has 0 aliphatic heterocycles. The number of nitrogens with zero attached hydrogens (tertiary/aromatic N) is 2. The molecule has 20 heavy (non-hydrogen) atoms. The third kappa shape index (κ3) is 3.45. The van der Waals surface area contributed by atoms with Crippen molar-refractivity contribution in [3.05, 3.63) is 53.6 Å². The Labute approximate surface area is 119 Å². The molecule has 2 aromatic rings. The molecule has 1 atom stereocenters. The fourth-order valence-electron chi connectivity index (χ4n) is 2.03. The average Bonchev–Trinajstić information content (AvgIpc) is 2.85. The molecule has 1 unspecified atom stereocenters. The maximum Gasteiger partial charge on any atom is 0.127 e. The normalized spacial score (nSPS) is 13.4. The number of nitrogens with one attached hydrogen (secondary N) is 1. The van der Waals surface area contributed by atoms with Gasteiger partial charge in [-0.05, 0) is 33.8 Å². The number of rotatable bonds is 4. The molecule has 4 heteroatoms. The van der Waals surface area contributed by atoms with Crippen LogP contribution in [0.1, 0.15) is 44.9 Å². The van der Waals surface area contributed by atoms with Crippen molar-refractivity contribution in [2.45, 2.75) is 45.8 Å². The lowest BCUT2D eigenvalue weighted by atomic mass is 10.1. The molecule has 0 fully saturated rings. The van der Waals surface area contributed by atoms with Crippen LogP contribution in [0.2, 0.25) is 0 Å². The zero-order valence-electron chi connectivity index (χ0n) is 12.5. The summed E-state index contributed by atoms with van der Waals surface area (Å²) in [6, 6.07) is 6.83. The molecule has 0 saturated heterocycles. The molecule has 0 bridgehead atoms. The van der Waals surface area contributed by atoms with Gasteiger partial charge in [-0.2, -0.15) is 5.10 Å². The highest BCUT2D eigenvalue weighted by Crippen LogP contribution is 2.17. The molecule has 0 radical (unpaired) electrons. The number of hydrogen-bond donors (Lipinski definition) is 1. The predicted octanol–water partition coefficient (Wildman–Crippen LogP) is 3.63. The topological polar surface area (TPSA) is 29.9 Å². The monoisotopic (exact) mass is 275 g/mol. The summed E-state index contributed by atoms with van der Waals surface area (Å²) in [6.45, 7) is 8.97. The van der Waals surface area contributed by atoms with E-state index in [1.54, 1.807) is 6.07 Å². The van der Waals surface area contributed by atoms with E-state index in [0.717, 1.165) is 5.56 Å². The molecular formula is C16H22FN3. The number of halogens is 1. The Morgan fingerprint density at radius 2 is 2.00 bits per heavy atom. The van der Waals surface area contributed by atoms with Gasteiger partial charge >= 0.3 is 0 Å². The van der Waals surface area contributed by atoms with Gasteiger partial charge in [-0.25, -0.2) is 4.39 Å². The van der Waals surface area contributed by atoms with Gasteiger partial charge in [0, 0.05) is 29.9 Å². The SMILES string of the molecule is CC(NCc1cnn(C(C)(C)C)c1)c1ccccc1F. The molecule has 108 valence electrons. The highest BCUT2D eigenvalue weighted by molar-refractivity contribution is 5.20. The van der Waals surface area contributed by atoms with Crippen LogP contribution in [-0.4, -0.2) is 9.78 Å². The minimum absolute atomic E-state index is 0.0184. The number of aromatic nitrogens is 2. The lowest BCUT2D eigenvalue weighted by molar-refractivity contribution is 0.355. The molecule has 1 aromatic heterocycles. The van der Waals surface area contributed by atoms with Gasteiger partial charge in [0.15, 0.2) is 0 Å². The maximum absolute atomic E-state index is 13.7. The van der Waals surface area contributed by atoms with Gasteiger partial charge in [0.2, 0.25) is 0 Å². The third-order valence-electron chi connectivity index (χ3n) is 3.31. The Hall–Kier alpha value is -1.68. The molecule has 0 saturated carbocycles. The molecule has 0 spiro atoms. The van der Waals surface area contributed by atoms with Crippen LogP contribution in [0.5, 0.6) is 0 Å². The molecule has 0 aliphatic rings. The minimum atomic E-state index is -0.169. The van der Waals surface area contributed by atoms with Gasteiger partial charge in [-0.1, -0.05) is 18.2 Å². The minimum Gasteiger partial charge on any atom is -0.306 e. The van der Waals surface area contributed by atoms with Crippen molar-refractivity contribution in [3.8, 4) is 0 Å². The Balaban J connectivity index is 1.99. The lowest BCUT2D eigenvalue weighted by Crippen LogP contribution is -2.22. The smallest absolute Gasteiger partial charge is 0.127 e. The van der Waals surface area contributed by atoms with Crippen molar-refractivity contribution in [2.75, 3.05) is 0 Å². The van der Waals surface area contributed by atoms with Crippen LogP contribution >= 0.6 is 0 Å². The van der Waals surface area contributed by atoms with Gasteiger partial charge in [-0.3, -0.25) is 4.68 Å². The van der Waals surface area contributed by atoms with E-state index in [0.29, 0.717) is 12.1 Å². The fraction of sp³-hybridized carbons (Fsp3) is 0.438. The standard InChI is InChI=1S/C16H22FN3/c1-12(14-7-5-6-8-15(14)17)18-9-13-10-19-20(11-13)16(2,3)4/h5-8,10-12,18H,9H2,1-4H3. The van der Waals surface area contributed by atoms with Crippen molar-refractivity contribution in [3.63, 3.8) is 0 Å². The second-order valence-corrected chi connectivity index (χ2v) is 6.09. The van der Waals surface area contributed by atoms with Crippen LogP contribution in [-0.2, 0) is 12.1 Å². The lowest BCUT2D eigenvalue weighted by Gasteiger charge is -2.19. The van der Waals surface area contributed by atoms with Crippen molar-refractivity contribution in [1.29, 1.82) is 0 Å². The summed E-state index contributed by atoms with van der Waals surface area (Å²) < 4.78 is 15.6. The van der Waals surface area contributed by atoms with E-state index in [-0.39, 0.29) is 17.4 Å². The zero-order valence-corrected chi connectivity index (χ0v) is 12.5. The molecular weight excluding hydrogens is 253 g/mol. The van der Waals surface area contributed by atoms with Gasteiger partial charge < -0.3 is 5.32 Å². The second-order valence-electron chi connectivity index (χ2n) is 6.09. The molecule has 3 nitrogen and oxygen atoms in total. The summed E-state index contributed by atoms with van der Waals surface area (Å²) in [6.07, 6.45) is 3.88. The van der Waals surface area contributed by atoms with E-state index in [4.69, 9.17) is 0 Å². The summed E-state index contributed by atoms with van der Waals surface area (Å²) in [5, 5.41) is 7.69. The molecule has 1 heterocycles. The van der Waals surface area contributed by atoms with E-state index < -0.39 is 0 Å². The maximum atomic E-state index is 13.7. The van der Waals surface area contributed by atoms with Crippen LogP contribution < -0.4 is 5.32 Å². The van der Waals surface area contributed by atoms with Crippen molar-refractivity contribution in [1.82, 2.24) is 15.1 Å². The van der Waals surface area contributed by atoms with Crippen LogP contribution in [0, 0.1) is 5.82 Å². The largest absolute Gasteiger partial charge is 0.306 e. The molecule has 0 aliphatic carbocycles. The Kier molecular flexibility index (Phi) is 4.23. The van der Waals surface area contributed by atoms with Crippen LogP contribution in [0.15, 0.2) is 36.7 Å². The quantitative estimate of drug-likeness (QED) is 0.923. The average molecular weight is 275 g/mol. The van der Waals surface area contributed by atoms with E-state index in [1.807, 2.05) is 36.1 Å². The highest BCUT2D eigenvalue weighted by atomic mass is 19.1. The summed E-state index contributed by atoms with van der Waals surface area (Å²) in [5.74, 6) is -0.169. The van der Waals surface area contributed by atoms with Gasteiger partial charge in [-0.15, -0.1) is 0 Å². The fourth-order valence-corrected chi connectivity index (χ4v) is 2.03. The van der Waals surface area contributed by atoms with Crippen LogP contribution in [0.25, 0.3) is 0 Å². The van der Waals surface area contributed by atoms with E-state index in [2.05, 4.69) is 31.2 Å². The Morgan fingerprint density at radius 1 is 1.30 bits per heavy atom. The van der Waals surface area contributed by atoms with Crippen molar-refractivity contribution in [2.24, 2.45) is 0 Å². The summed E-state index contributed by atoms with van der Waals surface area (Å²) in [7, 11) is 0.